The van der Waals surface area contributed by atoms with Crippen LogP contribution in [0.1, 0.15) is 59.8 Å². The number of amides is 2. The van der Waals surface area contributed by atoms with E-state index in [0.29, 0.717) is 5.92 Å². The second-order valence-corrected chi connectivity index (χ2v) is 7.91. The van der Waals surface area contributed by atoms with E-state index in [9.17, 15) is 14.7 Å². The third-order valence-electron chi connectivity index (χ3n) is 4.65. The lowest BCUT2D eigenvalue weighted by Crippen LogP contribution is -2.51. The molecule has 6 nitrogen and oxygen atoms in total. The minimum atomic E-state index is -0.679. The molecule has 1 aliphatic carbocycles. The van der Waals surface area contributed by atoms with E-state index in [1.165, 1.54) is 11.3 Å². The Bertz CT molecular complexity index is 446. The summed E-state index contributed by atoms with van der Waals surface area (Å²) in [6.07, 6.45) is 3.49. The molecule has 0 aromatic heterocycles. The molecule has 23 heavy (non-hydrogen) atoms. The highest BCUT2D eigenvalue weighted by molar-refractivity contribution is 5.86. The Balaban J connectivity index is 2.00. The van der Waals surface area contributed by atoms with Crippen LogP contribution in [-0.2, 0) is 9.53 Å². The van der Waals surface area contributed by atoms with E-state index in [4.69, 9.17) is 4.74 Å². The molecule has 2 rings (SSSR count). The molecular formula is C17H30N2O4. The number of rotatable bonds is 2. The van der Waals surface area contributed by atoms with E-state index >= 15 is 0 Å². The highest BCUT2D eigenvalue weighted by atomic mass is 16.6. The highest BCUT2D eigenvalue weighted by Gasteiger charge is 2.41. The Morgan fingerprint density at radius 1 is 1.22 bits per heavy atom. The normalized spacial score (nSPS) is 31.8. The molecule has 2 fully saturated rings. The number of aliphatic hydroxyl groups excluding tert-OH is 1. The van der Waals surface area contributed by atoms with Crippen molar-refractivity contribution in [3.8, 4) is 0 Å². The quantitative estimate of drug-likeness (QED) is 0.814. The summed E-state index contributed by atoms with van der Waals surface area (Å²) >= 11 is 0. The zero-order chi connectivity index (χ0) is 17.2. The lowest BCUT2D eigenvalue weighted by molar-refractivity contribution is -0.126. The number of hydrogen-bond donors (Lipinski definition) is 2. The summed E-state index contributed by atoms with van der Waals surface area (Å²) in [4.78, 5) is 26.3. The Morgan fingerprint density at radius 2 is 1.87 bits per heavy atom. The number of carbonyl (C=O) groups excluding carboxylic acids is 2. The van der Waals surface area contributed by atoms with Crippen molar-refractivity contribution >= 4 is 12.0 Å². The maximum atomic E-state index is 12.6. The minimum absolute atomic E-state index is 0.146. The SMILES string of the molecule is C[C@@H]1CCCC[C@@H]1NC(=O)[C@@H]1C[C@H](O)CN1C(=O)OC(C)(C)C. The molecule has 1 saturated carbocycles. The van der Waals surface area contributed by atoms with E-state index in [0.717, 1.165) is 19.3 Å². The predicted molar refractivity (Wildman–Crippen MR) is 86.9 cm³/mol. The molecule has 4 atom stereocenters. The zero-order valence-electron chi connectivity index (χ0n) is 14.7. The van der Waals surface area contributed by atoms with Gasteiger partial charge in [-0.25, -0.2) is 4.79 Å². The molecule has 1 aliphatic heterocycles. The van der Waals surface area contributed by atoms with Crippen LogP contribution in [0.5, 0.6) is 0 Å². The second-order valence-electron chi connectivity index (χ2n) is 7.91. The summed E-state index contributed by atoms with van der Waals surface area (Å²) in [6.45, 7) is 7.66. The Labute approximate surface area is 138 Å². The first-order valence-electron chi connectivity index (χ1n) is 8.65. The number of ether oxygens (including phenoxy) is 1. The van der Waals surface area contributed by atoms with Crippen molar-refractivity contribution in [3.63, 3.8) is 0 Å². The van der Waals surface area contributed by atoms with Crippen molar-refractivity contribution in [2.24, 2.45) is 5.92 Å². The molecular weight excluding hydrogens is 296 g/mol. The third kappa shape index (κ3) is 4.83. The van der Waals surface area contributed by atoms with E-state index in [-0.39, 0.29) is 24.9 Å². The van der Waals surface area contributed by atoms with E-state index < -0.39 is 23.8 Å². The molecule has 2 amide bonds. The Morgan fingerprint density at radius 3 is 2.48 bits per heavy atom. The number of aliphatic hydroxyl groups is 1. The van der Waals surface area contributed by atoms with Crippen LogP contribution in [0.15, 0.2) is 0 Å². The van der Waals surface area contributed by atoms with Crippen molar-refractivity contribution in [3.05, 3.63) is 0 Å². The number of β-amino-alcohol motifs (C(OH)–C–C–N with tert-alkyl or cyclic N) is 1. The summed E-state index contributed by atoms with van der Waals surface area (Å²) < 4.78 is 5.36. The first kappa shape index (κ1) is 18.0. The molecule has 2 aliphatic rings. The average Bonchev–Trinajstić information content (AvgIpc) is 2.82. The molecule has 132 valence electrons. The van der Waals surface area contributed by atoms with Gasteiger partial charge in [0.05, 0.1) is 12.6 Å². The van der Waals surface area contributed by atoms with Crippen LogP contribution in [-0.4, -0.2) is 52.3 Å². The summed E-state index contributed by atoms with van der Waals surface area (Å²) in [5.41, 5.74) is -0.621. The first-order chi connectivity index (χ1) is 10.7. The van der Waals surface area contributed by atoms with Crippen molar-refractivity contribution in [1.82, 2.24) is 10.2 Å². The smallest absolute Gasteiger partial charge is 0.411 e. The molecule has 1 heterocycles. The minimum Gasteiger partial charge on any atom is -0.444 e. The Kier molecular flexibility index (Phi) is 5.55. The first-order valence-corrected chi connectivity index (χ1v) is 8.65. The second kappa shape index (κ2) is 7.07. The van der Waals surface area contributed by atoms with Crippen molar-refractivity contribution < 1.29 is 19.4 Å². The lowest BCUT2D eigenvalue weighted by atomic mass is 9.86. The van der Waals surface area contributed by atoms with Crippen LogP contribution in [0, 0.1) is 5.92 Å². The van der Waals surface area contributed by atoms with Gasteiger partial charge < -0.3 is 15.2 Å². The van der Waals surface area contributed by atoms with Gasteiger partial charge in [0.15, 0.2) is 0 Å². The van der Waals surface area contributed by atoms with Crippen molar-refractivity contribution in [2.75, 3.05) is 6.54 Å². The van der Waals surface area contributed by atoms with E-state index in [2.05, 4.69) is 12.2 Å². The fourth-order valence-corrected chi connectivity index (χ4v) is 3.39. The largest absolute Gasteiger partial charge is 0.444 e. The summed E-state index contributed by atoms with van der Waals surface area (Å²) in [6, 6.07) is -0.483. The van der Waals surface area contributed by atoms with Crippen LogP contribution >= 0.6 is 0 Å². The van der Waals surface area contributed by atoms with Crippen LogP contribution < -0.4 is 5.32 Å². The fourth-order valence-electron chi connectivity index (χ4n) is 3.39. The number of hydrogen-bond acceptors (Lipinski definition) is 4. The van der Waals surface area contributed by atoms with E-state index in [1.54, 1.807) is 20.8 Å². The Hall–Kier alpha value is -1.30. The maximum Gasteiger partial charge on any atom is 0.411 e. The van der Waals surface area contributed by atoms with Crippen molar-refractivity contribution in [2.45, 2.75) is 83.6 Å². The summed E-state index contributed by atoms with van der Waals surface area (Å²) in [5.74, 6) is 0.278. The molecule has 0 bridgehead atoms. The maximum absolute atomic E-state index is 12.6. The predicted octanol–water partition coefficient (Wildman–Crippen LogP) is 2.05. The average molecular weight is 326 g/mol. The molecule has 0 aromatic rings. The lowest BCUT2D eigenvalue weighted by Gasteiger charge is -2.32. The molecule has 1 saturated heterocycles. The van der Waals surface area contributed by atoms with Gasteiger partial charge in [-0.1, -0.05) is 19.8 Å². The summed E-state index contributed by atoms with van der Waals surface area (Å²) in [5, 5.41) is 13.0. The van der Waals surface area contributed by atoms with Gasteiger partial charge in [-0.3, -0.25) is 9.69 Å². The van der Waals surface area contributed by atoms with Crippen LogP contribution in [0.25, 0.3) is 0 Å². The number of nitrogens with zero attached hydrogens (tertiary/aromatic N) is 1. The van der Waals surface area contributed by atoms with Crippen LogP contribution in [0.3, 0.4) is 0 Å². The standard InChI is InChI=1S/C17H30N2O4/c1-11-7-5-6-8-13(11)18-15(21)14-9-12(20)10-19(14)16(22)23-17(2,3)4/h11-14,20H,5-10H2,1-4H3,(H,18,21)/t11-,12+,13+,14+/m1/s1. The van der Waals surface area contributed by atoms with Crippen molar-refractivity contribution in [1.29, 1.82) is 0 Å². The van der Waals surface area contributed by atoms with Gasteiger partial charge in [-0.2, -0.15) is 0 Å². The molecule has 0 radical (unpaired) electrons. The number of nitrogens with one attached hydrogen (secondary N) is 1. The fraction of sp³-hybridized carbons (Fsp3) is 0.882. The number of carbonyl (C=O) groups is 2. The summed E-state index contributed by atoms with van der Waals surface area (Å²) in [7, 11) is 0. The monoisotopic (exact) mass is 326 g/mol. The number of likely N-dealkylation sites (tertiary alicyclic amines) is 1. The van der Waals surface area contributed by atoms with Gasteiger partial charge in [-0.15, -0.1) is 0 Å². The topological polar surface area (TPSA) is 78.9 Å². The molecule has 0 spiro atoms. The molecule has 0 unspecified atom stereocenters. The van der Waals surface area contributed by atoms with Gasteiger partial charge >= 0.3 is 6.09 Å². The van der Waals surface area contributed by atoms with Crippen LogP contribution in [0.2, 0.25) is 0 Å². The van der Waals surface area contributed by atoms with Gasteiger partial charge in [0.2, 0.25) is 5.91 Å². The molecule has 6 heteroatoms. The third-order valence-corrected chi connectivity index (χ3v) is 4.65. The van der Waals surface area contributed by atoms with Gasteiger partial charge in [-0.05, 0) is 39.5 Å². The highest BCUT2D eigenvalue weighted by Crippen LogP contribution is 2.26. The molecule has 2 N–H and O–H groups in total. The van der Waals surface area contributed by atoms with Crippen LogP contribution in [0.4, 0.5) is 4.79 Å². The van der Waals surface area contributed by atoms with Gasteiger partial charge in [0.1, 0.15) is 11.6 Å². The van der Waals surface area contributed by atoms with Gasteiger partial charge in [0.25, 0.3) is 0 Å². The van der Waals surface area contributed by atoms with Gasteiger partial charge in [0, 0.05) is 12.5 Å². The van der Waals surface area contributed by atoms with E-state index in [1.807, 2.05) is 0 Å². The zero-order valence-corrected chi connectivity index (χ0v) is 14.7. The molecule has 0 aromatic carbocycles.